The highest BCUT2D eigenvalue weighted by molar-refractivity contribution is 5.47. The summed E-state index contributed by atoms with van der Waals surface area (Å²) in [6, 6.07) is 3.74. The van der Waals surface area contributed by atoms with Crippen LogP contribution < -0.4 is 5.73 Å². The molecule has 0 saturated carbocycles. The molecule has 1 atom stereocenters. The number of aromatic hydroxyl groups is 1. The summed E-state index contributed by atoms with van der Waals surface area (Å²) in [6.07, 6.45) is -0.459. The highest BCUT2D eigenvalue weighted by Crippen LogP contribution is 2.29. The summed E-state index contributed by atoms with van der Waals surface area (Å²) in [4.78, 5) is 9.71. The van der Waals surface area contributed by atoms with E-state index < -0.39 is 16.8 Å². The van der Waals surface area contributed by atoms with Crippen LogP contribution in [0.4, 0.5) is 5.69 Å². The van der Waals surface area contributed by atoms with Crippen molar-refractivity contribution in [2.45, 2.75) is 12.5 Å². The minimum Gasteiger partial charge on any atom is -0.502 e. The first-order valence-electron chi connectivity index (χ1n) is 4.41. The van der Waals surface area contributed by atoms with E-state index in [1.54, 1.807) is 0 Å². The van der Waals surface area contributed by atoms with Crippen molar-refractivity contribution in [2.75, 3.05) is 6.54 Å². The fourth-order valence-corrected chi connectivity index (χ4v) is 1.23. The van der Waals surface area contributed by atoms with Crippen LogP contribution in [-0.2, 0) is 0 Å². The molecule has 1 rings (SSSR count). The van der Waals surface area contributed by atoms with Crippen LogP contribution in [0.5, 0.6) is 5.75 Å². The van der Waals surface area contributed by atoms with Crippen LogP contribution in [0, 0.1) is 10.1 Å². The van der Waals surface area contributed by atoms with Gasteiger partial charge in [-0.05, 0) is 30.7 Å². The van der Waals surface area contributed by atoms with Crippen molar-refractivity contribution < 1.29 is 15.1 Å². The Kier molecular flexibility index (Phi) is 3.59. The van der Waals surface area contributed by atoms with Crippen LogP contribution in [0.2, 0.25) is 0 Å². The second-order valence-electron chi connectivity index (χ2n) is 3.10. The molecule has 0 radical (unpaired) electrons. The van der Waals surface area contributed by atoms with Crippen molar-refractivity contribution in [3.63, 3.8) is 0 Å². The lowest BCUT2D eigenvalue weighted by Gasteiger charge is -2.09. The van der Waals surface area contributed by atoms with Gasteiger partial charge in [0.2, 0.25) is 0 Å². The zero-order chi connectivity index (χ0) is 11.4. The Morgan fingerprint density at radius 3 is 2.67 bits per heavy atom. The largest absolute Gasteiger partial charge is 0.502 e. The smallest absolute Gasteiger partial charge is 0.310 e. The van der Waals surface area contributed by atoms with Crippen LogP contribution in [0.15, 0.2) is 18.2 Å². The maximum Gasteiger partial charge on any atom is 0.310 e. The molecule has 0 amide bonds. The minimum atomic E-state index is -0.804. The molecule has 0 spiro atoms. The van der Waals surface area contributed by atoms with Crippen LogP contribution >= 0.6 is 0 Å². The van der Waals surface area contributed by atoms with Gasteiger partial charge in [-0.15, -0.1) is 0 Å². The highest BCUT2D eigenvalue weighted by Gasteiger charge is 2.15. The van der Waals surface area contributed by atoms with Crippen LogP contribution in [-0.4, -0.2) is 21.7 Å². The molecular formula is C9H12N2O4. The number of nitrogens with zero attached hydrogens (tertiary/aromatic N) is 1. The number of nitro groups is 1. The van der Waals surface area contributed by atoms with Crippen LogP contribution in [0.25, 0.3) is 0 Å². The number of phenolic OH excluding ortho intramolecular Hbond substituents is 1. The second kappa shape index (κ2) is 4.72. The van der Waals surface area contributed by atoms with Crippen LogP contribution in [0.1, 0.15) is 18.1 Å². The molecule has 15 heavy (non-hydrogen) atoms. The Labute approximate surface area is 86.1 Å². The van der Waals surface area contributed by atoms with Gasteiger partial charge in [0, 0.05) is 6.07 Å². The molecule has 0 unspecified atom stereocenters. The number of nitrogens with two attached hydrogens (primary N) is 1. The molecule has 0 aliphatic heterocycles. The number of rotatable bonds is 4. The standard InChI is InChI=1S/C9H12N2O4/c10-4-3-8(12)6-1-2-7(11(14)15)9(13)5-6/h1-2,5,8,12-13H,3-4,10H2/t8-/m0/s1. The third-order valence-corrected chi connectivity index (χ3v) is 2.02. The van der Waals surface area contributed by atoms with Crippen molar-refractivity contribution in [1.29, 1.82) is 0 Å². The monoisotopic (exact) mass is 212 g/mol. The molecule has 6 heteroatoms. The third kappa shape index (κ3) is 2.64. The van der Waals surface area contributed by atoms with Crippen LogP contribution in [0.3, 0.4) is 0 Å². The van der Waals surface area contributed by atoms with E-state index in [1.165, 1.54) is 12.1 Å². The van der Waals surface area contributed by atoms with E-state index in [1.807, 2.05) is 0 Å². The predicted octanol–water partition coefficient (Wildman–Crippen LogP) is 0.683. The van der Waals surface area contributed by atoms with E-state index in [0.29, 0.717) is 18.5 Å². The van der Waals surface area contributed by atoms with E-state index >= 15 is 0 Å². The molecule has 0 heterocycles. The van der Waals surface area contributed by atoms with Gasteiger partial charge in [0.25, 0.3) is 0 Å². The Bertz CT molecular complexity index is 367. The average Bonchev–Trinajstić information content (AvgIpc) is 2.17. The van der Waals surface area contributed by atoms with Gasteiger partial charge in [-0.2, -0.15) is 0 Å². The predicted molar refractivity (Wildman–Crippen MR) is 53.4 cm³/mol. The molecule has 1 aromatic rings. The van der Waals surface area contributed by atoms with Crippen molar-refractivity contribution in [3.05, 3.63) is 33.9 Å². The Balaban J connectivity index is 2.96. The lowest BCUT2D eigenvalue weighted by atomic mass is 10.1. The van der Waals surface area contributed by atoms with Gasteiger partial charge in [0.05, 0.1) is 11.0 Å². The van der Waals surface area contributed by atoms with Crippen molar-refractivity contribution in [2.24, 2.45) is 5.73 Å². The van der Waals surface area contributed by atoms with E-state index in [0.717, 1.165) is 6.07 Å². The fourth-order valence-electron chi connectivity index (χ4n) is 1.23. The second-order valence-corrected chi connectivity index (χ2v) is 3.10. The highest BCUT2D eigenvalue weighted by atomic mass is 16.6. The molecule has 0 aliphatic carbocycles. The Hall–Kier alpha value is -1.66. The number of hydrogen-bond donors (Lipinski definition) is 3. The summed E-state index contributed by atoms with van der Waals surface area (Å²) in [7, 11) is 0. The van der Waals surface area contributed by atoms with Crippen molar-refractivity contribution >= 4 is 5.69 Å². The van der Waals surface area contributed by atoms with E-state index in [2.05, 4.69) is 0 Å². The van der Waals surface area contributed by atoms with Gasteiger partial charge < -0.3 is 15.9 Å². The minimum absolute atomic E-state index is 0.304. The molecule has 0 aromatic heterocycles. The van der Waals surface area contributed by atoms with E-state index in [4.69, 9.17) is 5.73 Å². The molecule has 0 bridgehead atoms. The number of phenols is 1. The van der Waals surface area contributed by atoms with Gasteiger partial charge in [-0.3, -0.25) is 10.1 Å². The lowest BCUT2D eigenvalue weighted by molar-refractivity contribution is -0.385. The molecule has 4 N–H and O–H groups in total. The molecule has 0 fully saturated rings. The quantitative estimate of drug-likeness (QED) is 0.502. The molecular weight excluding hydrogens is 200 g/mol. The summed E-state index contributed by atoms with van der Waals surface area (Å²) >= 11 is 0. The molecule has 0 aliphatic rings. The fraction of sp³-hybridized carbons (Fsp3) is 0.333. The molecule has 1 aromatic carbocycles. The van der Waals surface area contributed by atoms with E-state index in [-0.39, 0.29) is 5.69 Å². The Morgan fingerprint density at radius 1 is 1.53 bits per heavy atom. The van der Waals surface area contributed by atoms with Gasteiger partial charge >= 0.3 is 5.69 Å². The number of aliphatic hydroxyl groups is 1. The first-order chi connectivity index (χ1) is 7.06. The molecule has 0 saturated heterocycles. The van der Waals surface area contributed by atoms with Gasteiger partial charge in [-0.1, -0.05) is 0 Å². The zero-order valence-corrected chi connectivity index (χ0v) is 7.96. The van der Waals surface area contributed by atoms with Gasteiger partial charge in [-0.25, -0.2) is 0 Å². The van der Waals surface area contributed by atoms with E-state index in [9.17, 15) is 20.3 Å². The summed E-state index contributed by atoms with van der Waals surface area (Å²) in [5.41, 5.74) is 5.30. The normalized spacial score (nSPS) is 12.4. The number of hydrogen-bond acceptors (Lipinski definition) is 5. The lowest BCUT2D eigenvalue weighted by Crippen LogP contribution is -2.06. The molecule has 6 nitrogen and oxygen atoms in total. The van der Waals surface area contributed by atoms with Crippen molar-refractivity contribution in [3.8, 4) is 5.75 Å². The first kappa shape index (κ1) is 11.4. The molecule has 82 valence electrons. The number of nitro benzene ring substituents is 1. The summed E-state index contributed by atoms with van der Waals surface area (Å²) in [5, 5.41) is 29.2. The Morgan fingerprint density at radius 2 is 2.20 bits per heavy atom. The topological polar surface area (TPSA) is 110 Å². The maximum absolute atomic E-state index is 10.4. The van der Waals surface area contributed by atoms with Gasteiger partial charge in [0.15, 0.2) is 5.75 Å². The van der Waals surface area contributed by atoms with Crippen molar-refractivity contribution in [1.82, 2.24) is 0 Å². The third-order valence-electron chi connectivity index (χ3n) is 2.02. The number of benzene rings is 1. The summed E-state index contributed by atoms with van der Waals surface area (Å²) in [6.45, 7) is 0.304. The van der Waals surface area contributed by atoms with Gasteiger partial charge in [0.1, 0.15) is 0 Å². The maximum atomic E-state index is 10.4. The SMILES string of the molecule is NCC[C@H](O)c1ccc([N+](=O)[O-])c(O)c1. The zero-order valence-electron chi connectivity index (χ0n) is 7.96. The first-order valence-corrected chi connectivity index (χ1v) is 4.41. The summed E-state index contributed by atoms with van der Waals surface area (Å²) < 4.78 is 0. The number of aliphatic hydroxyl groups excluding tert-OH is 1. The average molecular weight is 212 g/mol. The summed E-state index contributed by atoms with van der Waals surface area (Å²) in [5.74, 6) is -0.450.